The number of carbonyl (C=O) groups excluding carboxylic acids is 3. The van der Waals surface area contributed by atoms with E-state index in [1.165, 1.54) is 16.1 Å². The minimum atomic E-state index is -1.03. The van der Waals surface area contributed by atoms with Crippen LogP contribution in [0.1, 0.15) is 95.4 Å². The number of hydrogen-bond acceptors (Lipinski definition) is 11. The van der Waals surface area contributed by atoms with Crippen molar-refractivity contribution < 1.29 is 33.0 Å². The highest BCUT2D eigenvalue weighted by Gasteiger charge is 2.39. The van der Waals surface area contributed by atoms with Crippen LogP contribution in [0.3, 0.4) is 0 Å². The molecule has 2 saturated heterocycles. The molecule has 3 aliphatic rings. The van der Waals surface area contributed by atoms with Crippen LogP contribution in [-0.2, 0) is 48.0 Å². The van der Waals surface area contributed by atoms with E-state index in [2.05, 4.69) is 108 Å². The van der Waals surface area contributed by atoms with Gasteiger partial charge in [-0.05, 0) is 80.8 Å². The highest BCUT2D eigenvalue weighted by molar-refractivity contribution is 5.95. The molecule has 2 amide bonds. The number of likely N-dealkylation sites (tertiary alicyclic amines) is 1. The Balaban J connectivity index is 1.09. The Morgan fingerprint density at radius 2 is 1.75 bits per heavy atom. The van der Waals surface area contributed by atoms with Crippen LogP contribution in [0.5, 0.6) is 0 Å². The summed E-state index contributed by atoms with van der Waals surface area (Å²) in [6.45, 7) is 21.1. The summed E-state index contributed by atoms with van der Waals surface area (Å²) in [6.07, 6.45) is 6.42. The predicted octanol–water partition coefficient (Wildman–Crippen LogP) is 8.75. The summed E-state index contributed by atoms with van der Waals surface area (Å²) in [4.78, 5) is 55.2. The van der Waals surface area contributed by atoms with Crippen LogP contribution in [0.15, 0.2) is 113 Å². The maximum absolute atomic E-state index is 14.7. The summed E-state index contributed by atoms with van der Waals surface area (Å²) in [5, 5.41) is 5.55. The maximum Gasteiger partial charge on any atom is 0.324 e. The monoisotopic (exact) mass is 966 g/mol. The first-order valence-electron chi connectivity index (χ1n) is 25.2. The number of aromatic nitrogens is 2. The second-order valence-corrected chi connectivity index (χ2v) is 20.2. The fourth-order valence-corrected chi connectivity index (χ4v) is 10.2. The second-order valence-electron chi connectivity index (χ2n) is 20.2. The highest BCUT2D eigenvalue weighted by Crippen LogP contribution is 2.40. The van der Waals surface area contributed by atoms with Gasteiger partial charge in [0.15, 0.2) is 0 Å². The van der Waals surface area contributed by atoms with Crippen LogP contribution in [0.25, 0.3) is 27.9 Å². The zero-order valence-electron chi connectivity index (χ0n) is 42.7. The van der Waals surface area contributed by atoms with Crippen molar-refractivity contribution in [2.45, 2.75) is 111 Å². The molecule has 8 rings (SSSR count). The zero-order valence-corrected chi connectivity index (χ0v) is 42.7. The Hall–Kier alpha value is -6.19. The van der Waals surface area contributed by atoms with Crippen molar-refractivity contribution >= 4 is 40.5 Å². The third-order valence-electron chi connectivity index (χ3n) is 14.2. The van der Waals surface area contributed by atoms with Crippen molar-refractivity contribution in [3.05, 3.63) is 132 Å². The second kappa shape index (κ2) is 22.5. The number of carbonyl (C=O) groups is 3. The fraction of sp³-hybridized carbons (Fsp3) is 0.456. The molecule has 0 saturated carbocycles. The zero-order chi connectivity index (χ0) is 50.4. The Morgan fingerprint density at radius 3 is 2.38 bits per heavy atom. The van der Waals surface area contributed by atoms with Crippen molar-refractivity contribution in [1.29, 1.82) is 0 Å². The third kappa shape index (κ3) is 11.3. The van der Waals surface area contributed by atoms with Gasteiger partial charge in [0, 0.05) is 73.4 Å². The van der Waals surface area contributed by atoms with E-state index in [0.29, 0.717) is 57.0 Å². The molecule has 0 spiro atoms. The lowest BCUT2D eigenvalue weighted by Crippen LogP contribution is -2.61. The van der Waals surface area contributed by atoms with E-state index >= 15 is 0 Å². The Kier molecular flexibility index (Phi) is 16.2. The van der Waals surface area contributed by atoms with E-state index < -0.39 is 29.4 Å². The summed E-state index contributed by atoms with van der Waals surface area (Å²) >= 11 is 0. The summed E-state index contributed by atoms with van der Waals surface area (Å²) in [5.74, 6) is -1.37. The molecule has 0 unspecified atom stereocenters. The largest absolute Gasteiger partial charge is 0.464 e. The average Bonchev–Trinajstić information content (AvgIpc) is 3.95. The summed E-state index contributed by atoms with van der Waals surface area (Å²) < 4.78 is 26.9. The van der Waals surface area contributed by atoms with Gasteiger partial charge in [-0.15, -0.1) is 0 Å². The van der Waals surface area contributed by atoms with Gasteiger partial charge in [-0.25, -0.2) is 10.4 Å². The molecule has 2 N–H and O–H groups in total. The van der Waals surface area contributed by atoms with Crippen LogP contribution < -0.4 is 10.7 Å². The Labute approximate surface area is 418 Å². The number of hydrogen-bond donors (Lipinski definition) is 2. The van der Waals surface area contributed by atoms with Gasteiger partial charge < -0.3 is 28.5 Å². The van der Waals surface area contributed by atoms with Gasteiger partial charge in [-0.2, -0.15) is 0 Å². The van der Waals surface area contributed by atoms with E-state index in [1.54, 1.807) is 19.6 Å². The van der Waals surface area contributed by atoms with Gasteiger partial charge in [0.25, 0.3) is 5.91 Å². The standard InChI is InChI=1S/C57H71N7O7/c1-10-43(50(58-11-2)37(6)68-9)52-45-30-57(7,8)35-71-56(67)47-24-19-27-64(61-47)55(66)48(29-41-33-70-54(59-41)40-25-26-49(44(45)28-40)63(52)12-3)60-53(65)46(36(4)5)34-69-42-31-62(32-42)51(38-20-15-13-16-21-38)39-22-17-14-18-23-39/h10-11,13-18,20-23,25-26,28,33,36-37,42,46-48,51,61H,1,12,19,24,27,29-32,34-35H2,2-9H3,(H,60,65)/b50-43+,58-11?/t37-,46-,47-,48-/m0/s1. The first-order valence-corrected chi connectivity index (χ1v) is 25.2. The predicted molar refractivity (Wildman–Crippen MR) is 277 cm³/mol. The van der Waals surface area contributed by atoms with Crippen LogP contribution in [0.4, 0.5) is 0 Å². The molecule has 6 bridgehead atoms. The summed E-state index contributed by atoms with van der Waals surface area (Å²) in [5.41, 5.74) is 10.9. The van der Waals surface area contributed by atoms with E-state index in [4.69, 9.17) is 28.6 Å². The van der Waals surface area contributed by atoms with Crippen LogP contribution in [0.2, 0.25) is 0 Å². The molecule has 5 aromatic rings. The summed E-state index contributed by atoms with van der Waals surface area (Å²) in [7, 11) is 1.67. The minimum absolute atomic E-state index is 0.0505. The van der Waals surface area contributed by atoms with Crippen LogP contribution in [0, 0.1) is 17.3 Å². The molecule has 14 heteroatoms. The number of methoxy groups -OCH3 is 1. The molecular formula is C57H71N7O7. The lowest BCUT2D eigenvalue weighted by atomic mass is 9.84. The van der Waals surface area contributed by atoms with Gasteiger partial charge in [-0.1, -0.05) is 101 Å². The molecule has 3 aromatic carbocycles. The molecular weight excluding hydrogens is 895 g/mol. The Morgan fingerprint density at radius 1 is 1.04 bits per heavy atom. The van der Waals surface area contributed by atoms with Gasteiger partial charge in [0.1, 0.15) is 18.3 Å². The molecule has 2 fully saturated rings. The highest BCUT2D eigenvalue weighted by atomic mass is 16.5. The lowest BCUT2D eigenvalue weighted by molar-refractivity contribution is -0.155. The number of aliphatic imine (C=N–C) groups is 1. The van der Waals surface area contributed by atoms with Crippen molar-refractivity contribution in [2.75, 3.05) is 40.0 Å². The van der Waals surface area contributed by atoms with Gasteiger partial charge in [0.05, 0.1) is 54.5 Å². The first kappa shape index (κ1) is 51.2. The minimum Gasteiger partial charge on any atom is -0.464 e. The number of ether oxygens (including phenoxy) is 3. The molecule has 5 heterocycles. The SMILES string of the molecule is C=C/C(=C(\N=CC)[C@H](C)OC)c1c2c3cc(ccc3n1CC)-c1nc(co1)C[C@H](NC(=O)[C@@H](COC1CN(C(c3ccccc3)c3ccccc3)C1)C(C)C)C(=O)N1CCC[C@H](N1)C(=O)OCC(C)(C)C2. The van der Waals surface area contributed by atoms with Gasteiger partial charge in [-0.3, -0.25) is 29.3 Å². The maximum atomic E-state index is 14.7. The fourth-order valence-electron chi connectivity index (χ4n) is 10.2. The third-order valence-corrected chi connectivity index (χ3v) is 14.2. The van der Waals surface area contributed by atoms with E-state index in [9.17, 15) is 14.4 Å². The molecule has 2 aromatic heterocycles. The number of hydrazine groups is 1. The van der Waals surface area contributed by atoms with Gasteiger partial charge >= 0.3 is 5.97 Å². The number of fused-ring (bicyclic) bond motifs is 6. The normalized spacial score (nSPS) is 20.4. The number of nitrogens with zero attached hydrogens (tertiary/aromatic N) is 5. The number of amides is 2. The van der Waals surface area contributed by atoms with Crippen molar-refractivity contribution in [3.63, 3.8) is 0 Å². The van der Waals surface area contributed by atoms with Crippen molar-refractivity contribution in [2.24, 2.45) is 22.2 Å². The topological polar surface area (TPSA) is 153 Å². The molecule has 4 atom stereocenters. The van der Waals surface area contributed by atoms with E-state index in [1.807, 2.05) is 52.0 Å². The summed E-state index contributed by atoms with van der Waals surface area (Å²) in [6, 6.07) is 25.4. The van der Waals surface area contributed by atoms with Crippen LogP contribution in [-0.4, -0.2) is 108 Å². The molecule has 376 valence electrons. The molecule has 0 radical (unpaired) electrons. The first-order chi connectivity index (χ1) is 34.2. The number of benzene rings is 3. The molecule has 0 aliphatic carbocycles. The molecule has 3 aliphatic heterocycles. The Bertz CT molecular complexity index is 2700. The van der Waals surface area contributed by atoms with Crippen molar-refractivity contribution in [1.82, 2.24) is 30.2 Å². The van der Waals surface area contributed by atoms with E-state index in [-0.39, 0.29) is 55.6 Å². The number of rotatable bonds is 15. The van der Waals surface area contributed by atoms with Gasteiger partial charge in [0.2, 0.25) is 11.8 Å². The number of oxazole rings is 1. The average molecular weight is 966 g/mol. The number of nitrogens with one attached hydrogen (secondary N) is 2. The number of aryl methyl sites for hydroxylation is 1. The lowest BCUT2D eigenvalue weighted by Gasteiger charge is -2.45. The van der Waals surface area contributed by atoms with Crippen LogP contribution >= 0.6 is 0 Å². The quantitative estimate of drug-likeness (QED) is 0.0592. The number of cyclic esters (lactones) is 1. The van der Waals surface area contributed by atoms with Crippen molar-refractivity contribution in [3.8, 4) is 11.5 Å². The molecule has 14 nitrogen and oxygen atoms in total. The number of esters is 1. The molecule has 71 heavy (non-hydrogen) atoms. The number of allylic oxidation sites excluding steroid dienone is 2. The smallest absolute Gasteiger partial charge is 0.324 e. The van der Waals surface area contributed by atoms with E-state index in [0.717, 1.165) is 39.0 Å².